The van der Waals surface area contributed by atoms with Crippen LogP contribution in [0.5, 0.6) is 0 Å². The van der Waals surface area contributed by atoms with E-state index in [0.29, 0.717) is 5.56 Å². The summed E-state index contributed by atoms with van der Waals surface area (Å²) in [6, 6.07) is 7.62. The summed E-state index contributed by atoms with van der Waals surface area (Å²) in [5.41, 5.74) is 1.53. The average molecular weight is 235 g/mol. The van der Waals surface area contributed by atoms with Crippen LogP contribution in [-0.2, 0) is 0 Å². The van der Waals surface area contributed by atoms with Crippen molar-refractivity contribution in [2.75, 3.05) is 33.0 Å². The summed E-state index contributed by atoms with van der Waals surface area (Å²) in [4.78, 5) is 14.1. The van der Waals surface area contributed by atoms with Crippen molar-refractivity contribution in [2.45, 2.75) is 13.0 Å². The van der Waals surface area contributed by atoms with E-state index in [4.69, 9.17) is 0 Å². The van der Waals surface area contributed by atoms with Crippen LogP contribution in [0.2, 0.25) is 0 Å². The van der Waals surface area contributed by atoms with Crippen molar-refractivity contribution >= 4 is 11.6 Å². The molecule has 1 aromatic rings. The molecule has 0 heterocycles. The molecule has 1 atom stereocenters. The Morgan fingerprint density at radius 1 is 1.35 bits per heavy atom. The maximum atomic E-state index is 12.0. The van der Waals surface area contributed by atoms with E-state index in [1.165, 1.54) is 0 Å². The Morgan fingerprint density at radius 2 is 2.00 bits per heavy atom. The predicted octanol–water partition coefficient (Wildman–Crippen LogP) is 1.41. The van der Waals surface area contributed by atoms with Gasteiger partial charge < -0.3 is 15.5 Å². The molecule has 0 spiro atoms. The Balaban J connectivity index is 2.69. The van der Waals surface area contributed by atoms with E-state index < -0.39 is 0 Å². The van der Waals surface area contributed by atoms with Crippen molar-refractivity contribution in [1.82, 2.24) is 10.2 Å². The fourth-order valence-electron chi connectivity index (χ4n) is 1.79. The van der Waals surface area contributed by atoms with Gasteiger partial charge in [0.2, 0.25) is 0 Å². The lowest BCUT2D eigenvalue weighted by Gasteiger charge is -2.19. The molecule has 0 aliphatic rings. The van der Waals surface area contributed by atoms with Gasteiger partial charge in [-0.1, -0.05) is 12.1 Å². The van der Waals surface area contributed by atoms with Gasteiger partial charge >= 0.3 is 0 Å². The Labute approximate surface area is 103 Å². The van der Waals surface area contributed by atoms with Gasteiger partial charge in [0, 0.05) is 25.3 Å². The second kappa shape index (κ2) is 6.25. The molecule has 1 aromatic carbocycles. The van der Waals surface area contributed by atoms with Crippen LogP contribution in [0.1, 0.15) is 17.3 Å². The highest BCUT2D eigenvalue weighted by Crippen LogP contribution is 2.13. The number of carbonyl (C=O) groups is 1. The van der Waals surface area contributed by atoms with E-state index in [-0.39, 0.29) is 11.9 Å². The molecule has 0 aliphatic heterocycles. The highest BCUT2D eigenvalue weighted by atomic mass is 16.1. The van der Waals surface area contributed by atoms with Crippen molar-refractivity contribution in [1.29, 1.82) is 0 Å². The zero-order valence-electron chi connectivity index (χ0n) is 10.9. The minimum Gasteiger partial charge on any atom is -0.387 e. The Morgan fingerprint density at radius 3 is 2.59 bits per heavy atom. The van der Waals surface area contributed by atoms with E-state index in [9.17, 15) is 4.79 Å². The third-order valence-corrected chi connectivity index (χ3v) is 2.46. The molecule has 17 heavy (non-hydrogen) atoms. The van der Waals surface area contributed by atoms with Crippen molar-refractivity contribution in [3.8, 4) is 0 Å². The molecule has 0 aliphatic carbocycles. The van der Waals surface area contributed by atoms with Gasteiger partial charge in [0.05, 0.1) is 5.56 Å². The minimum atomic E-state index is -0.0377. The van der Waals surface area contributed by atoms with E-state index in [2.05, 4.69) is 15.5 Å². The van der Waals surface area contributed by atoms with Gasteiger partial charge in [0.1, 0.15) is 0 Å². The standard InChI is InChI=1S/C13H21N3O/c1-10(9-16(3)4)15-13(17)11-7-5-6-8-12(11)14-2/h5-8,10,14H,9H2,1-4H3,(H,15,17). The van der Waals surface area contributed by atoms with Gasteiger partial charge in [-0.3, -0.25) is 4.79 Å². The first-order valence-corrected chi connectivity index (χ1v) is 5.77. The molecule has 0 fully saturated rings. The van der Waals surface area contributed by atoms with Gasteiger partial charge in [-0.15, -0.1) is 0 Å². The molecule has 1 unspecified atom stereocenters. The number of carbonyl (C=O) groups excluding carboxylic acids is 1. The number of hydrogen-bond acceptors (Lipinski definition) is 3. The third-order valence-electron chi connectivity index (χ3n) is 2.46. The number of amides is 1. The first-order valence-electron chi connectivity index (χ1n) is 5.77. The van der Waals surface area contributed by atoms with Gasteiger partial charge in [-0.05, 0) is 33.2 Å². The van der Waals surface area contributed by atoms with Gasteiger partial charge in [-0.25, -0.2) is 0 Å². The van der Waals surface area contributed by atoms with Crippen LogP contribution < -0.4 is 10.6 Å². The molecule has 4 nitrogen and oxygen atoms in total. The number of benzene rings is 1. The summed E-state index contributed by atoms with van der Waals surface area (Å²) >= 11 is 0. The molecular weight excluding hydrogens is 214 g/mol. The number of nitrogens with one attached hydrogen (secondary N) is 2. The fraction of sp³-hybridized carbons (Fsp3) is 0.462. The second-order valence-corrected chi connectivity index (χ2v) is 4.43. The molecule has 1 amide bonds. The molecule has 0 radical (unpaired) electrons. The highest BCUT2D eigenvalue weighted by molar-refractivity contribution is 5.99. The van der Waals surface area contributed by atoms with Gasteiger partial charge in [0.15, 0.2) is 0 Å². The van der Waals surface area contributed by atoms with Crippen LogP contribution in [-0.4, -0.2) is 44.5 Å². The Kier molecular flexibility index (Phi) is 4.97. The normalized spacial score (nSPS) is 12.3. The summed E-state index contributed by atoms with van der Waals surface area (Å²) in [7, 11) is 5.80. The number of anilines is 1. The summed E-state index contributed by atoms with van der Waals surface area (Å²) in [6.45, 7) is 2.83. The van der Waals surface area contributed by atoms with Crippen LogP contribution >= 0.6 is 0 Å². The number of rotatable bonds is 5. The predicted molar refractivity (Wildman–Crippen MR) is 71.5 cm³/mol. The molecule has 0 aromatic heterocycles. The first-order chi connectivity index (χ1) is 8.04. The molecule has 0 saturated heterocycles. The van der Waals surface area contributed by atoms with E-state index >= 15 is 0 Å². The summed E-state index contributed by atoms with van der Waals surface area (Å²) < 4.78 is 0. The number of likely N-dealkylation sites (N-methyl/N-ethyl adjacent to an activating group) is 1. The monoisotopic (exact) mass is 235 g/mol. The topological polar surface area (TPSA) is 44.4 Å². The third kappa shape index (κ3) is 4.07. The van der Waals surface area contributed by atoms with Crippen molar-refractivity contribution in [2.24, 2.45) is 0 Å². The molecular formula is C13H21N3O. The van der Waals surface area contributed by atoms with Crippen molar-refractivity contribution in [3.05, 3.63) is 29.8 Å². The maximum Gasteiger partial charge on any atom is 0.253 e. The number of hydrogen-bond donors (Lipinski definition) is 2. The zero-order valence-corrected chi connectivity index (χ0v) is 10.9. The van der Waals surface area contributed by atoms with Gasteiger partial charge in [0.25, 0.3) is 5.91 Å². The van der Waals surface area contributed by atoms with E-state index in [1.54, 1.807) is 0 Å². The number of para-hydroxylation sites is 1. The Bertz CT molecular complexity index is 377. The lowest BCUT2D eigenvalue weighted by Crippen LogP contribution is -2.39. The van der Waals surface area contributed by atoms with Crippen LogP contribution in [0, 0.1) is 0 Å². The molecule has 4 heteroatoms. The van der Waals surface area contributed by atoms with Crippen LogP contribution in [0.3, 0.4) is 0 Å². The van der Waals surface area contributed by atoms with Crippen LogP contribution in [0.15, 0.2) is 24.3 Å². The molecule has 0 bridgehead atoms. The van der Waals surface area contributed by atoms with Gasteiger partial charge in [-0.2, -0.15) is 0 Å². The average Bonchev–Trinajstić information content (AvgIpc) is 2.27. The molecule has 1 rings (SSSR count). The SMILES string of the molecule is CNc1ccccc1C(=O)NC(C)CN(C)C. The quantitative estimate of drug-likeness (QED) is 0.811. The van der Waals surface area contributed by atoms with E-state index in [1.807, 2.05) is 52.3 Å². The molecule has 2 N–H and O–H groups in total. The van der Waals surface area contributed by atoms with Crippen molar-refractivity contribution < 1.29 is 4.79 Å². The number of nitrogens with zero attached hydrogens (tertiary/aromatic N) is 1. The van der Waals surface area contributed by atoms with E-state index in [0.717, 1.165) is 12.2 Å². The zero-order chi connectivity index (χ0) is 12.8. The summed E-state index contributed by atoms with van der Waals surface area (Å²) in [5, 5.41) is 6.00. The fourth-order valence-corrected chi connectivity index (χ4v) is 1.79. The lowest BCUT2D eigenvalue weighted by molar-refractivity contribution is 0.0935. The summed E-state index contributed by atoms with van der Waals surface area (Å²) in [5.74, 6) is -0.0377. The summed E-state index contributed by atoms with van der Waals surface area (Å²) in [6.07, 6.45) is 0. The smallest absolute Gasteiger partial charge is 0.253 e. The largest absolute Gasteiger partial charge is 0.387 e. The van der Waals surface area contributed by atoms with Crippen LogP contribution in [0.4, 0.5) is 5.69 Å². The minimum absolute atomic E-state index is 0.0377. The molecule has 94 valence electrons. The molecule has 0 saturated carbocycles. The van der Waals surface area contributed by atoms with Crippen LogP contribution in [0.25, 0.3) is 0 Å². The maximum absolute atomic E-state index is 12.0. The van der Waals surface area contributed by atoms with Crippen molar-refractivity contribution in [3.63, 3.8) is 0 Å². The Hall–Kier alpha value is -1.55. The second-order valence-electron chi connectivity index (χ2n) is 4.43. The lowest BCUT2D eigenvalue weighted by atomic mass is 10.1. The first kappa shape index (κ1) is 13.5. The highest BCUT2D eigenvalue weighted by Gasteiger charge is 2.12.